The summed E-state index contributed by atoms with van der Waals surface area (Å²) in [5, 5.41) is 5.99. The van der Waals surface area contributed by atoms with Gasteiger partial charge in [0.15, 0.2) is 0 Å². The summed E-state index contributed by atoms with van der Waals surface area (Å²) in [6, 6.07) is 0. The van der Waals surface area contributed by atoms with Crippen LogP contribution in [0, 0.1) is 0 Å². The third kappa shape index (κ3) is 27.1. The van der Waals surface area contributed by atoms with Crippen LogP contribution in [-0.2, 0) is 19.1 Å². The molecule has 0 saturated carbocycles. The first-order valence-electron chi connectivity index (χ1n) is 24.2. The van der Waals surface area contributed by atoms with Crippen LogP contribution in [0.2, 0.25) is 0 Å². The summed E-state index contributed by atoms with van der Waals surface area (Å²) < 4.78 is 11.8. The van der Waals surface area contributed by atoms with Crippen LogP contribution in [0.5, 0.6) is 0 Å². The molecule has 0 amide bonds. The number of carbonyl (C=O) groups excluding carboxylic acids is 2. The van der Waals surface area contributed by atoms with Gasteiger partial charge in [0.1, 0.15) is 23.6 Å². The molecule has 57 heavy (non-hydrogen) atoms. The van der Waals surface area contributed by atoms with Crippen LogP contribution in [0.15, 0.2) is 9.59 Å². The molecular weight excluding hydrogens is 715 g/mol. The maximum atomic E-state index is 12.8. The number of carbonyl (C=O) groups is 2. The number of hydrogen-bond donors (Lipinski definition) is 2. The van der Waals surface area contributed by atoms with Crippen LogP contribution in [0.25, 0.3) is 0 Å². The monoisotopic (exact) mass is 804 g/mol. The van der Waals surface area contributed by atoms with E-state index in [-0.39, 0.29) is 24.1 Å². The molecule has 2 unspecified atom stereocenters. The number of hydrogen-bond acceptors (Lipinski definition) is 9. The fourth-order valence-corrected chi connectivity index (χ4v) is 7.77. The SMILES string of the molecule is CCCCCCCCC(CCCCCCC)OC(=O)CCCCCCCN(CCCCCC(=O)OC(CC)CCCCCCC)CCCNc1c(NC)c(=O)c1=O. The van der Waals surface area contributed by atoms with Gasteiger partial charge in [-0.25, -0.2) is 0 Å². The van der Waals surface area contributed by atoms with Crippen molar-refractivity contribution < 1.29 is 19.1 Å². The molecule has 2 atom stereocenters. The van der Waals surface area contributed by atoms with Crippen molar-refractivity contribution in [1.82, 2.24) is 4.90 Å². The molecule has 9 nitrogen and oxygen atoms in total. The highest BCUT2D eigenvalue weighted by Gasteiger charge is 2.19. The van der Waals surface area contributed by atoms with E-state index in [1.54, 1.807) is 7.05 Å². The first-order chi connectivity index (χ1) is 27.8. The molecule has 0 fully saturated rings. The van der Waals surface area contributed by atoms with Gasteiger partial charge in [0.2, 0.25) is 0 Å². The third-order valence-corrected chi connectivity index (χ3v) is 11.5. The molecule has 0 aliphatic rings. The standard InChI is InChI=1S/C48H89N3O6/c1-6-10-13-16-20-26-34-42(33-25-19-15-12-8-3)57-44(53)35-27-21-17-22-29-38-51(40-31-37-50-46-45(49-5)47(54)48(46)55)39-30-23-28-36-43(52)56-41(9-4)32-24-18-14-11-7-2/h41-42,49-50H,6-40H2,1-5H3. The summed E-state index contributed by atoms with van der Waals surface area (Å²) in [5.41, 5.74) is -0.101. The Hall–Kier alpha value is -2.42. The maximum absolute atomic E-state index is 12.8. The van der Waals surface area contributed by atoms with Crippen molar-refractivity contribution in [2.45, 2.75) is 239 Å². The van der Waals surface area contributed by atoms with Crippen LogP contribution in [0.3, 0.4) is 0 Å². The lowest BCUT2D eigenvalue weighted by Crippen LogP contribution is -2.37. The second-order valence-corrected chi connectivity index (χ2v) is 16.7. The van der Waals surface area contributed by atoms with Gasteiger partial charge in [0.05, 0.1) is 0 Å². The molecule has 0 spiro atoms. The van der Waals surface area contributed by atoms with Crippen molar-refractivity contribution in [2.75, 3.05) is 43.9 Å². The molecule has 2 N–H and O–H groups in total. The average Bonchev–Trinajstić information content (AvgIpc) is 3.21. The fourth-order valence-electron chi connectivity index (χ4n) is 7.77. The van der Waals surface area contributed by atoms with Gasteiger partial charge in [-0.3, -0.25) is 19.2 Å². The Morgan fingerprint density at radius 2 is 0.877 bits per heavy atom. The molecule has 1 rings (SSSR count). The summed E-state index contributed by atoms with van der Waals surface area (Å²) >= 11 is 0. The summed E-state index contributed by atoms with van der Waals surface area (Å²) in [6.45, 7) is 12.3. The zero-order valence-electron chi connectivity index (χ0n) is 37.8. The summed E-state index contributed by atoms with van der Waals surface area (Å²) in [7, 11) is 1.66. The normalized spacial score (nSPS) is 12.6. The second-order valence-electron chi connectivity index (χ2n) is 16.7. The number of esters is 2. The van der Waals surface area contributed by atoms with Crippen molar-refractivity contribution in [1.29, 1.82) is 0 Å². The van der Waals surface area contributed by atoms with E-state index < -0.39 is 10.9 Å². The Balaban J connectivity index is 2.44. The van der Waals surface area contributed by atoms with Crippen molar-refractivity contribution >= 4 is 23.3 Å². The van der Waals surface area contributed by atoms with E-state index in [1.807, 2.05) is 0 Å². The first-order valence-corrected chi connectivity index (χ1v) is 24.2. The number of rotatable bonds is 42. The zero-order valence-corrected chi connectivity index (χ0v) is 37.8. The average molecular weight is 804 g/mol. The third-order valence-electron chi connectivity index (χ3n) is 11.5. The predicted molar refractivity (Wildman–Crippen MR) is 241 cm³/mol. The molecule has 0 bridgehead atoms. The molecule has 0 radical (unpaired) electrons. The van der Waals surface area contributed by atoms with E-state index in [0.29, 0.717) is 30.8 Å². The van der Waals surface area contributed by atoms with Gasteiger partial charge in [0.25, 0.3) is 10.9 Å². The summed E-state index contributed by atoms with van der Waals surface area (Å²) in [6.07, 6.45) is 33.9. The van der Waals surface area contributed by atoms with E-state index >= 15 is 0 Å². The number of anilines is 2. The number of ether oxygens (including phenoxy) is 2. The molecule has 0 aliphatic carbocycles. The highest BCUT2D eigenvalue weighted by Crippen LogP contribution is 2.19. The highest BCUT2D eigenvalue weighted by atomic mass is 16.5. The Morgan fingerprint density at radius 3 is 1.37 bits per heavy atom. The summed E-state index contributed by atoms with van der Waals surface area (Å²) in [4.78, 5) is 51.6. The Kier molecular flexibility index (Phi) is 33.8. The Labute approximate surface area is 349 Å². The van der Waals surface area contributed by atoms with Crippen molar-refractivity contribution in [3.63, 3.8) is 0 Å². The van der Waals surface area contributed by atoms with Gasteiger partial charge in [-0.05, 0) is 96.7 Å². The maximum Gasteiger partial charge on any atom is 0.306 e. The van der Waals surface area contributed by atoms with Crippen LogP contribution >= 0.6 is 0 Å². The van der Waals surface area contributed by atoms with E-state index in [2.05, 4.69) is 43.2 Å². The largest absolute Gasteiger partial charge is 0.462 e. The molecule has 0 saturated heterocycles. The molecule has 332 valence electrons. The number of nitrogens with one attached hydrogen (secondary N) is 2. The van der Waals surface area contributed by atoms with Crippen LogP contribution in [-0.4, -0.2) is 62.3 Å². The lowest BCUT2D eigenvalue weighted by molar-refractivity contribution is -0.150. The lowest BCUT2D eigenvalue weighted by atomic mass is 10.0. The molecule has 9 heteroatoms. The molecule has 0 aromatic heterocycles. The van der Waals surface area contributed by atoms with Gasteiger partial charge in [-0.15, -0.1) is 0 Å². The van der Waals surface area contributed by atoms with Crippen LogP contribution in [0.1, 0.15) is 227 Å². The predicted octanol–water partition coefficient (Wildman–Crippen LogP) is 12.0. The minimum atomic E-state index is -0.448. The summed E-state index contributed by atoms with van der Waals surface area (Å²) in [5.74, 6) is -0.0715. The molecule has 1 aromatic rings. The van der Waals surface area contributed by atoms with Crippen LogP contribution in [0.4, 0.5) is 11.4 Å². The Bertz CT molecular complexity index is 1180. The molecule has 0 heterocycles. The van der Waals surface area contributed by atoms with Crippen molar-refractivity contribution in [2.24, 2.45) is 0 Å². The van der Waals surface area contributed by atoms with E-state index in [1.165, 1.54) is 83.5 Å². The van der Waals surface area contributed by atoms with Gasteiger partial charge in [-0.1, -0.05) is 137 Å². The van der Waals surface area contributed by atoms with Crippen molar-refractivity contribution in [3.8, 4) is 0 Å². The van der Waals surface area contributed by atoms with Crippen molar-refractivity contribution in [3.05, 3.63) is 20.4 Å². The number of unbranched alkanes of at least 4 members (excludes halogenated alkanes) is 19. The smallest absolute Gasteiger partial charge is 0.306 e. The van der Waals surface area contributed by atoms with Gasteiger partial charge < -0.3 is 25.0 Å². The topological polar surface area (TPSA) is 114 Å². The van der Waals surface area contributed by atoms with E-state index in [0.717, 1.165) is 122 Å². The number of nitrogens with zero attached hydrogens (tertiary/aromatic N) is 1. The zero-order chi connectivity index (χ0) is 41.8. The van der Waals surface area contributed by atoms with E-state index in [9.17, 15) is 19.2 Å². The van der Waals surface area contributed by atoms with E-state index in [4.69, 9.17) is 9.47 Å². The second kappa shape index (κ2) is 36.6. The van der Waals surface area contributed by atoms with Gasteiger partial charge in [0, 0.05) is 26.4 Å². The minimum absolute atomic E-state index is 0.0128. The Morgan fingerprint density at radius 1 is 0.491 bits per heavy atom. The highest BCUT2D eigenvalue weighted by molar-refractivity contribution is 5.73. The molecule has 0 aliphatic heterocycles. The van der Waals surface area contributed by atoms with Gasteiger partial charge >= 0.3 is 11.9 Å². The quantitative estimate of drug-likeness (QED) is 0.0379. The lowest BCUT2D eigenvalue weighted by Gasteiger charge is -2.23. The van der Waals surface area contributed by atoms with Gasteiger partial charge in [-0.2, -0.15) is 0 Å². The molecule has 1 aromatic carbocycles. The molecular formula is C48H89N3O6. The fraction of sp³-hybridized carbons (Fsp3) is 0.875. The first kappa shape index (κ1) is 52.6. The minimum Gasteiger partial charge on any atom is -0.462 e. The van der Waals surface area contributed by atoms with Crippen LogP contribution < -0.4 is 21.5 Å².